The first-order valence-corrected chi connectivity index (χ1v) is 10.1. The zero-order chi connectivity index (χ0) is 19.1. The molecule has 1 amide bonds. The molecule has 0 fully saturated rings. The van der Waals surface area contributed by atoms with E-state index in [9.17, 15) is 9.59 Å². The highest BCUT2D eigenvalue weighted by molar-refractivity contribution is 7.99. The molecule has 140 valence electrons. The molecule has 0 saturated heterocycles. The molecule has 1 N–H and O–H groups in total. The van der Waals surface area contributed by atoms with Crippen LogP contribution in [0.25, 0.3) is 0 Å². The number of ether oxygens (including phenoxy) is 2. The summed E-state index contributed by atoms with van der Waals surface area (Å²) in [7, 11) is 1.63. The Balaban J connectivity index is 1.93. The van der Waals surface area contributed by atoms with Gasteiger partial charge in [-0.3, -0.25) is 4.79 Å². The molecule has 0 atom stereocenters. The fraction of sp³-hybridized carbons (Fsp3) is 0.368. The van der Waals surface area contributed by atoms with E-state index in [1.54, 1.807) is 25.8 Å². The molecule has 7 heteroatoms. The van der Waals surface area contributed by atoms with Gasteiger partial charge in [0.2, 0.25) is 5.91 Å². The van der Waals surface area contributed by atoms with E-state index < -0.39 is 5.97 Å². The van der Waals surface area contributed by atoms with Crippen LogP contribution in [0.4, 0.5) is 5.00 Å². The normalized spacial score (nSPS) is 10.5. The molecule has 2 rings (SSSR count). The van der Waals surface area contributed by atoms with E-state index in [-0.39, 0.29) is 5.91 Å². The molecule has 0 unspecified atom stereocenters. The molecular weight excluding hydrogens is 370 g/mol. The molecule has 0 radical (unpaired) electrons. The van der Waals surface area contributed by atoms with Gasteiger partial charge in [-0.05, 0) is 50.6 Å². The number of thiophene rings is 1. The third-order valence-electron chi connectivity index (χ3n) is 3.78. The number of amides is 1. The molecule has 0 spiro atoms. The van der Waals surface area contributed by atoms with Crippen LogP contribution in [0.3, 0.4) is 0 Å². The number of esters is 1. The van der Waals surface area contributed by atoms with Crippen LogP contribution in [0.5, 0.6) is 5.75 Å². The van der Waals surface area contributed by atoms with Crippen molar-refractivity contribution >= 4 is 40.0 Å². The minimum Gasteiger partial charge on any atom is -0.497 e. The number of rotatable bonds is 8. The second-order valence-corrected chi connectivity index (χ2v) is 7.92. The topological polar surface area (TPSA) is 64.6 Å². The lowest BCUT2D eigenvalue weighted by molar-refractivity contribution is -0.115. The number of aryl methyl sites for hydroxylation is 1. The highest BCUT2D eigenvalue weighted by atomic mass is 32.2. The van der Waals surface area contributed by atoms with Gasteiger partial charge in [0, 0.05) is 21.9 Å². The number of methoxy groups -OCH3 is 1. The predicted molar refractivity (Wildman–Crippen MR) is 107 cm³/mol. The number of hydrogen-bond donors (Lipinski definition) is 1. The Morgan fingerprint density at radius 1 is 1.19 bits per heavy atom. The molecule has 1 aromatic carbocycles. The second kappa shape index (κ2) is 9.64. The molecule has 26 heavy (non-hydrogen) atoms. The van der Waals surface area contributed by atoms with E-state index in [1.165, 1.54) is 11.3 Å². The number of carbonyl (C=O) groups excluding carboxylic acids is 2. The van der Waals surface area contributed by atoms with Crippen LogP contribution in [0, 0.1) is 13.8 Å². The van der Waals surface area contributed by atoms with Gasteiger partial charge in [-0.1, -0.05) is 0 Å². The van der Waals surface area contributed by atoms with Gasteiger partial charge in [0.1, 0.15) is 10.8 Å². The molecule has 2 aromatic rings. The van der Waals surface area contributed by atoms with E-state index in [1.807, 2.05) is 38.1 Å². The van der Waals surface area contributed by atoms with Crippen molar-refractivity contribution < 1.29 is 19.1 Å². The van der Waals surface area contributed by atoms with Crippen molar-refractivity contribution in [3.05, 3.63) is 40.3 Å². The average molecular weight is 394 g/mol. The molecule has 0 aliphatic rings. The maximum atomic E-state index is 12.3. The number of carbonyl (C=O) groups is 2. The highest BCUT2D eigenvalue weighted by Crippen LogP contribution is 2.33. The maximum Gasteiger partial charge on any atom is 0.341 e. The van der Waals surface area contributed by atoms with Gasteiger partial charge >= 0.3 is 5.97 Å². The van der Waals surface area contributed by atoms with Crippen LogP contribution in [0.1, 0.15) is 34.1 Å². The molecule has 0 bridgehead atoms. The molecule has 1 aromatic heterocycles. The summed E-state index contributed by atoms with van der Waals surface area (Å²) in [5, 5.41) is 3.43. The Bertz CT molecular complexity index is 769. The quantitative estimate of drug-likeness (QED) is 0.521. The van der Waals surface area contributed by atoms with Gasteiger partial charge in [-0.15, -0.1) is 23.1 Å². The number of nitrogens with one attached hydrogen (secondary N) is 1. The van der Waals surface area contributed by atoms with Crippen LogP contribution in [-0.2, 0) is 9.53 Å². The average Bonchev–Trinajstić information content (AvgIpc) is 2.89. The van der Waals surface area contributed by atoms with Crippen molar-refractivity contribution in [2.45, 2.75) is 32.1 Å². The van der Waals surface area contributed by atoms with Crippen molar-refractivity contribution in [1.82, 2.24) is 0 Å². The van der Waals surface area contributed by atoms with Crippen molar-refractivity contribution in [2.24, 2.45) is 0 Å². The second-order valence-electron chi connectivity index (χ2n) is 5.53. The molecular formula is C19H23NO4S2. The van der Waals surface area contributed by atoms with E-state index in [0.717, 1.165) is 21.1 Å². The van der Waals surface area contributed by atoms with Crippen molar-refractivity contribution in [2.75, 3.05) is 24.8 Å². The summed E-state index contributed by atoms with van der Waals surface area (Å²) in [6, 6.07) is 7.72. The summed E-state index contributed by atoms with van der Waals surface area (Å²) in [4.78, 5) is 26.5. The number of anilines is 1. The lowest BCUT2D eigenvalue weighted by atomic mass is 10.1. The Morgan fingerprint density at radius 2 is 1.88 bits per heavy atom. The Hall–Kier alpha value is -1.99. The van der Waals surface area contributed by atoms with E-state index >= 15 is 0 Å². The largest absolute Gasteiger partial charge is 0.497 e. The van der Waals surface area contributed by atoms with E-state index in [4.69, 9.17) is 9.47 Å². The van der Waals surface area contributed by atoms with Crippen molar-refractivity contribution in [1.29, 1.82) is 0 Å². The lowest BCUT2D eigenvalue weighted by Gasteiger charge is -2.07. The first-order valence-electron chi connectivity index (χ1n) is 8.30. The van der Waals surface area contributed by atoms with Crippen LogP contribution in [-0.4, -0.2) is 31.3 Å². The third-order valence-corrected chi connectivity index (χ3v) is 5.91. The number of benzene rings is 1. The van der Waals surface area contributed by atoms with Crippen LogP contribution in [0.15, 0.2) is 29.2 Å². The Labute approximate surface area is 162 Å². The van der Waals surface area contributed by atoms with Crippen LogP contribution in [0.2, 0.25) is 0 Å². The van der Waals surface area contributed by atoms with Crippen molar-refractivity contribution in [3.8, 4) is 5.75 Å². The SMILES string of the molecule is CCOC(=O)c1c(NC(=O)CCSc2ccc(OC)cc2)sc(C)c1C. The number of thioether (sulfide) groups is 1. The summed E-state index contributed by atoms with van der Waals surface area (Å²) in [5.74, 6) is 0.952. The monoisotopic (exact) mass is 393 g/mol. The zero-order valence-corrected chi connectivity index (χ0v) is 17.0. The summed E-state index contributed by atoms with van der Waals surface area (Å²) in [6.07, 6.45) is 0.356. The minimum absolute atomic E-state index is 0.113. The first kappa shape index (κ1) is 20.3. The van der Waals surface area contributed by atoms with Crippen LogP contribution < -0.4 is 10.1 Å². The van der Waals surface area contributed by atoms with Gasteiger partial charge in [0.05, 0.1) is 19.3 Å². The maximum absolute atomic E-state index is 12.3. The van der Waals surface area contributed by atoms with E-state index in [0.29, 0.717) is 29.3 Å². The van der Waals surface area contributed by atoms with E-state index in [2.05, 4.69) is 5.32 Å². The van der Waals surface area contributed by atoms with Gasteiger partial charge in [0.25, 0.3) is 0 Å². The predicted octanol–water partition coefficient (Wildman–Crippen LogP) is 4.67. The zero-order valence-electron chi connectivity index (χ0n) is 15.4. The number of hydrogen-bond acceptors (Lipinski definition) is 6. The minimum atomic E-state index is -0.391. The smallest absolute Gasteiger partial charge is 0.341 e. The standard InChI is InChI=1S/C19H23NO4S2/c1-5-24-19(22)17-12(2)13(3)26-18(17)20-16(21)10-11-25-15-8-6-14(23-4)7-9-15/h6-9H,5,10-11H2,1-4H3,(H,20,21). The highest BCUT2D eigenvalue weighted by Gasteiger charge is 2.21. The fourth-order valence-corrected chi connectivity index (χ4v) is 4.20. The molecule has 1 heterocycles. The summed E-state index contributed by atoms with van der Waals surface area (Å²) in [6.45, 7) is 5.87. The first-order chi connectivity index (χ1) is 12.5. The van der Waals surface area contributed by atoms with Gasteiger partial charge < -0.3 is 14.8 Å². The van der Waals surface area contributed by atoms with Gasteiger partial charge in [-0.2, -0.15) is 0 Å². The fourth-order valence-electron chi connectivity index (χ4n) is 2.29. The Morgan fingerprint density at radius 3 is 2.50 bits per heavy atom. The van der Waals surface area contributed by atoms with Crippen molar-refractivity contribution in [3.63, 3.8) is 0 Å². The molecule has 0 saturated carbocycles. The third kappa shape index (κ3) is 5.25. The Kier molecular flexibility index (Phi) is 7.53. The molecule has 0 aliphatic heterocycles. The molecule has 0 aliphatic carbocycles. The molecule has 5 nitrogen and oxygen atoms in total. The van der Waals surface area contributed by atoms with Gasteiger partial charge in [0.15, 0.2) is 0 Å². The van der Waals surface area contributed by atoms with Crippen LogP contribution >= 0.6 is 23.1 Å². The lowest BCUT2D eigenvalue weighted by Crippen LogP contribution is -2.15. The summed E-state index contributed by atoms with van der Waals surface area (Å²) in [5.41, 5.74) is 1.32. The summed E-state index contributed by atoms with van der Waals surface area (Å²) >= 11 is 3.00. The van der Waals surface area contributed by atoms with Gasteiger partial charge in [-0.25, -0.2) is 4.79 Å². The summed E-state index contributed by atoms with van der Waals surface area (Å²) < 4.78 is 10.2.